The van der Waals surface area contributed by atoms with Crippen LogP contribution in [0.3, 0.4) is 0 Å². The maximum Gasteiger partial charge on any atom is 0.182 e. The van der Waals surface area contributed by atoms with Gasteiger partial charge in [-0.15, -0.1) is 0 Å². The maximum atomic E-state index is 5.68. The number of nitrogens with one attached hydrogen (secondary N) is 2. The van der Waals surface area contributed by atoms with Crippen LogP contribution >= 0.6 is 0 Å². The standard InChI is InChI=1S/C12H20N6/c1-12(2,3)8(4-5-13)18-11-9-10(15-6-14-9)16-7-17-11/h6-8H,4-5,13H2,1-3H3,(H2,14,15,16,17,18). The van der Waals surface area contributed by atoms with E-state index in [0.717, 1.165) is 17.8 Å². The summed E-state index contributed by atoms with van der Waals surface area (Å²) in [6.45, 7) is 7.20. The van der Waals surface area contributed by atoms with Crippen LogP contribution in [0.2, 0.25) is 0 Å². The van der Waals surface area contributed by atoms with Gasteiger partial charge in [0.1, 0.15) is 11.8 Å². The van der Waals surface area contributed by atoms with E-state index in [0.29, 0.717) is 12.2 Å². The van der Waals surface area contributed by atoms with E-state index in [-0.39, 0.29) is 11.5 Å². The summed E-state index contributed by atoms with van der Waals surface area (Å²) in [4.78, 5) is 15.6. The third-order valence-corrected chi connectivity index (χ3v) is 3.03. The molecule has 1 atom stereocenters. The first-order valence-electron chi connectivity index (χ1n) is 6.13. The Hall–Kier alpha value is -1.69. The SMILES string of the molecule is CC(C)(C)C(CCN)Nc1ncnc2nc[nH]c12. The molecule has 0 aliphatic carbocycles. The zero-order valence-electron chi connectivity index (χ0n) is 11.1. The Morgan fingerprint density at radius 3 is 2.78 bits per heavy atom. The Bertz CT molecular complexity index is 513. The van der Waals surface area contributed by atoms with Gasteiger partial charge < -0.3 is 16.0 Å². The quantitative estimate of drug-likeness (QED) is 0.763. The van der Waals surface area contributed by atoms with Crippen molar-refractivity contribution in [3.63, 3.8) is 0 Å². The Morgan fingerprint density at radius 1 is 1.33 bits per heavy atom. The Morgan fingerprint density at radius 2 is 2.11 bits per heavy atom. The second-order valence-corrected chi connectivity index (χ2v) is 5.46. The van der Waals surface area contributed by atoms with Gasteiger partial charge in [-0.2, -0.15) is 0 Å². The minimum atomic E-state index is 0.108. The van der Waals surface area contributed by atoms with E-state index in [4.69, 9.17) is 5.73 Å². The third-order valence-electron chi connectivity index (χ3n) is 3.03. The third kappa shape index (κ3) is 2.59. The van der Waals surface area contributed by atoms with Crippen molar-refractivity contribution >= 4 is 17.0 Å². The van der Waals surface area contributed by atoms with Crippen LogP contribution in [0.5, 0.6) is 0 Å². The highest BCUT2D eigenvalue weighted by atomic mass is 15.1. The van der Waals surface area contributed by atoms with E-state index < -0.39 is 0 Å². The van der Waals surface area contributed by atoms with Gasteiger partial charge in [-0.25, -0.2) is 15.0 Å². The number of aromatic amines is 1. The van der Waals surface area contributed by atoms with Crippen molar-refractivity contribution in [1.82, 2.24) is 19.9 Å². The van der Waals surface area contributed by atoms with Gasteiger partial charge in [-0.3, -0.25) is 0 Å². The first-order valence-corrected chi connectivity index (χ1v) is 6.13. The van der Waals surface area contributed by atoms with Crippen LogP contribution in [-0.4, -0.2) is 32.5 Å². The first kappa shape index (κ1) is 12.8. The van der Waals surface area contributed by atoms with E-state index in [9.17, 15) is 0 Å². The lowest BCUT2D eigenvalue weighted by Crippen LogP contribution is -2.36. The summed E-state index contributed by atoms with van der Waals surface area (Å²) < 4.78 is 0. The van der Waals surface area contributed by atoms with E-state index >= 15 is 0 Å². The van der Waals surface area contributed by atoms with Crippen LogP contribution in [0.4, 0.5) is 5.82 Å². The summed E-state index contributed by atoms with van der Waals surface area (Å²) in [5.41, 5.74) is 7.30. The van der Waals surface area contributed by atoms with Crippen LogP contribution in [0.1, 0.15) is 27.2 Å². The molecule has 2 rings (SSSR count). The number of aromatic nitrogens is 4. The number of nitrogens with zero attached hydrogens (tertiary/aromatic N) is 3. The lowest BCUT2D eigenvalue weighted by molar-refractivity contribution is 0.328. The fraction of sp³-hybridized carbons (Fsp3) is 0.583. The molecule has 0 saturated heterocycles. The number of fused-ring (bicyclic) bond motifs is 1. The average molecular weight is 248 g/mol. The van der Waals surface area contributed by atoms with Crippen LogP contribution < -0.4 is 11.1 Å². The van der Waals surface area contributed by atoms with Gasteiger partial charge in [0.05, 0.1) is 6.33 Å². The van der Waals surface area contributed by atoms with Gasteiger partial charge in [-0.1, -0.05) is 20.8 Å². The molecule has 6 heteroatoms. The lowest BCUT2D eigenvalue weighted by atomic mass is 9.85. The molecule has 2 aromatic rings. The first-order chi connectivity index (χ1) is 8.52. The molecule has 0 amide bonds. The highest BCUT2D eigenvalue weighted by molar-refractivity contribution is 5.82. The van der Waals surface area contributed by atoms with Gasteiger partial charge in [0.2, 0.25) is 0 Å². The molecule has 0 aromatic carbocycles. The molecule has 0 radical (unpaired) electrons. The van der Waals surface area contributed by atoms with Crippen molar-refractivity contribution in [2.24, 2.45) is 11.1 Å². The summed E-state index contributed by atoms with van der Waals surface area (Å²) in [5.74, 6) is 0.783. The van der Waals surface area contributed by atoms with E-state index in [1.54, 1.807) is 6.33 Å². The normalized spacial score (nSPS) is 13.8. The Labute approximate surface area is 106 Å². The monoisotopic (exact) mass is 248 g/mol. The van der Waals surface area contributed by atoms with Gasteiger partial charge in [-0.05, 0) is 18.4 Å². The summed E-state index contributed by atoms with van der Waals surface area (Å²) >= 11 is 0. The number of H-pyrrole nitrogens is 1. The Balaban J connectivity index is 2.28. The average Bonchev–Trinajstić information content (AvgIpc) is 2.76. The van der Waals surface area contributed by atoms with Gasteiger partial charge in [0, 0.05) is 6.04 Å². The predicted octanol–water partition coefficient (Wildman–Crippen LogP) is 1.53. The second kappa shape index (κ2) is 4.89. The molecule has 0 spiro atoms. The fourth-order valence-electron chi connectivity index (χ4n) is 1.93. The molecule has 98 valence electrons. The Kier molecular flexibility index (Phi) is 3.47. The van der Waals surface area contributed by atoms with Crippen molar-refractivity contribution in [2.45, 2.75) is 33.2 Å². The minimum absolute atomic E-state index is 0.108. The number of hydrogen-bond acceptors (Lipinski definition) is 5. The summed E-state index contributed by atoms with van der Waals surface area (Å²) in [7, 11) is 0. The van der Waals surface area contributed by atoms with Crippen molar-refractivity contribution in [3.8, 4) is 0 Å². The van der Waals surface area contributed by atoms with Gasteiger partial charge in [0.15, 0.2) is 11.5 Å². The lowest BCUT2D eigenvalue weighted by Gasteiger charge is -2.31. The minimum Gasteiger partial charge on any atom is -0.365 e. The molecule has 0 aliphatic rings. The maximum absolute atomic E-state index is 5.68. The van der Waals surface area contributed by atoms with Crippen molar-refractivity contribution in [3.05, 3.63) is 12.7 Å². The van der Waals surface area contributed by atoms with Crippen LogP contribution in [0.25, 0.3) is 11.2 Å². The highest BCUT2D eigenvalue weighted by Gasteiger charge is 2.24. The number of hydrogen-bond donors (Lipinski definition) is 3. The summed E-state index contributed by atoms with van der Waals surface area (Å²) in [6.07, 6.45) is 4.04. The molecule has 1 unspecified atom stereocenters. The van der Waals surface area contributed by atoms with Gasteiger partial charge >= 0.3 is 0 Å². The highest BCUT2D eigenvalue weighted by Crippen LogP contribution is 2.26. The molecule has 6 nitrogen and oxygen atoms in total. The molecule has 2 aromatic heterocycles. The van der Waals surface area contributed by atoms with E-state index in [2.05, 4.69) is 46.0 Å². The van der Waals surface area contributed by atoms with Crippen molar-refractivity contribution < 1.29 is 0 Å². The summed E-state index contributed by atoms with van der Waals surface area (Å²) in [5, 5.41) is 3.45. The number of imidazole rings is 1. The zero-order chi connectivity index (χ0) is 13.2. The largest absolute Gasteiger partial charge is 0.365 e. The topological polar surface area (TPSA) is 92.5 Å². The molecular formula is C12H20N6. The van der Waals surface area contributed by atoms with Crippen LogP contribution in [0.15, 0.2) is 12.7 Å². The molecular weight excluding hydrogens is 228 g/mol. The molecule has 2 heterocycles. The smallest absolute Gasteiger partial charge is 0.182 e. The van der Waals surface area contributed by atoms with Crippen molar-refractivity contribution in [1.29, 1.82) is 0 Å². The van der Waals surface area contributed by atoms with Crippen LogP contribution in [0, 0.1) is 5.41 Å². The predicted molar refractivity (Wildman–Crippen MR) is 72.2 cm³/mol. The second-order valence-electron chi connectivity index (χ2n) is 5.46. The zero-order valence-corrected chi connectivity index (χ0v) is 11.1. The molecule has 0 bridgehead atoms. The van der Waals surface area contributed by atoms with E-state index in [1.807, 2.05) is 0 Å². The molecule has 0 aliphatic heterocycles. The molecule has 0 fully saturated rings. The molecule has 0 saturated carbocycles. The number of anilines is 1. The fourth-order valence-corrected chi connectivity index (χ4v) is 1.93. The van der Waals surface area contributed by atoms with Gasteiger partial charge in [0.25, 0.3) is 0 Å². The van der Waals surface area contributed by atoms with Crippen molar-refractivity contribution in [2.75, 3.05) is 11.9 Å². The molecule has 4 N–H and O–H groups in total. The van der Waals surface area contributed by atoms with E-state index in [1.165, 1.54) is 6.33 Å². The summed E-state index contributed by atoms with van der Waals surface area (Å²) in [6, 6.07) is 0.254. The van der Waals surface area contributed by atoms with Crippen LogP contribution in [-0.2, 0) is 0 Å². The number of rotatable bonds is 4. The molecule has 18 heavy (non-hydrogen) atoms. The number of nitrogens with two attached hydrogens (primary N) is 1.